The fraction of sp³-hybridized carbons (Fsp3) is 0.136. The predicted octanol–water partition coefficient (Wildman–Crippen LogP) is 2.89. The molecule has 2 aromatic heterocycles. The van der Waals surface area contributed by atoms with Gasteiger partial charge in [0.15, 0.2) is 11.5 Å². The molecule has 0 aliphatic carbocycles. The van der Waals surface area contributed by atoms with Gasteiger partial charge in [0, 0.05) is 24.9 Å². The molecule has 4 rings (SSSR count). The number of nitrogens with one attached hydrogen (secondary N) is 3. The summed E-state index contributed by atoms with van der Waals surface area (Å²) in [6.07, 6.45) is 6.69. The van der Waals surface area contributed by atoms with Gasteiger partial charge < -0.3 is 9.47 Å². The van der Waals surface area contributed by atoms with Crippen molar-refractivity contribution in [1.29, 1.82) is 0 Å². The van der Waals surface area contributed by atoms with Crippen molar-refractivity contribution in [3.63, 3.8) is 0 Å². The highest BCUT2D eigenvalue weighted by Gasteiger charge is 2.15. The van der Waals surface area contributed by atoms with E-state index >= 15 is 0 Å². The van der Waals surface area contributed by atoms with E-state index in [4.69, 9.17) is 9.47 Å². The van der Waals surface area contributed by atoms with Crippen molar-refractivity contribution in [3.8, 4) is 11.5 Å². The average molecular weight is 465 g/mol. The topological polar surface area (TPSA) is 127 Å². The first-order chi connectivity index (χ1) is 16.0. The number of anilines is 1. The number of carbonyl (C=O) groups excluding carboxylic acids is 2. The standard InChI is InChI=1S/C22H20N6O4S/c1-13-20(33-22(24-13)28-25-14(2)29)17(26-27-21(30)16-7-9-23-10-8-16)5-3-15-4-6-18-19(11-15)32-12-31-18/h3-11H,12H2,1-2H3,(H,24,28)(H,25,29)(H,27,30)/b5-3+,26-17-. The lowest BCUT2D eigenvalue weighted by molar-refractivity contribution is -0.118. The quantitative estimate of drug-likeness (QED) is 0.362. The van der Waals surface area contributed by atoms with Crippen LogP contribution in [0.15, 0.2) is 53.9 Å². The zero-order valence-electron chi connectivity index (χ0n) is 17.8. The number of hydrogen-bond donors (Lipinski definition) is 3. The molecule has 0 radical (unpaired) electrons. The number of hydrogen-bond acceptors (Lipinski definition) is 9. The van der Waals surface area contributed by atoms with E-state index in [2.05, 4.69) is 31.3 Å². The third kappa shape index (κ3) is 5.52. The normalized spacial score (nSPS) is 12.6. The number of rotatable bonds is 7. The van der Waals surface area contributed by atoms with Crippen LogP contribution >= 0.6 is 11.3 Å². The van der Waals surface area contributed by atoms with Crippen molar-refractivity contribution >= 4 is 40.1 Å². The number of pyridine rings is 1. The number of amides is 2. The lowest BCUT2D eigenvalue weighted by Gasteiger charge is -2.03. The second-order valence-electron chi connectivity index (χ2n) is 6.86. The number of benzene rings is 1. The Kier molecular flexibility index (Phi) is 6.60. The van der Waals surface area contributed by atoms with Gasteiger partial charge in [0.05, 0.1) is 10.6 Å². The van der Waals surface area contributed by atoms with Gasteiger partial charge in [0.1, 0.15) is 5.71 Å². The smallest absolute Gasteiger partial charge is 0.271 e. The second kappa shape index (κ2) is 9.92. The Bertz CT molecular complexity index is 1240. The van der Waals surface area contributed by atoms with Crippen LogP contribution in [-0.4, -0.2) is 34.3 Å². The molecule has 1 aliphatic heterocycles. The molecule has 3 aromatic rings. The molecule has 0 unspecified atom stereocenters. The Labute approximate surface area is 193 Å². The maximum Gasteiger partial charge on any atom is 0.271 e. The highest BCUT2D eigenvalue weighted by Crippen LogP contribution is 2.33. The second-order valence-corrected chi connectivity index (χ2v) is 7.86. The number of carbonyl (C=O) groups is 2. The summed E-state index contributed by atoms with van der Waals surface area (Å²) in [5, 5.41) is 4.82. The first-order valence-electron chi connectivity index (χ1n) is 9.86. The summed E-state index contributed by atoms with van der Waals surface area (Å²) in [5.74, 6) is 0.741. The van der Waals surface area contributed by atoms with E-state index in [0.29, 0.717) is 33.6 Å². The minimum absolute atomic E-state index is 0.195. The van der Waals surface area contributed by atoms with Crippen LogP contribution in [0.2, 0.25) is 0 Å². The molecular weight excluding hydrogens is 444 g/mol. The zero-order valence-corrected chi connectivity index (χ0v) is 18.6. The maximum absolute atomic E-state index is 12.5. The Morgan fingerprint density at radius 1 is 1.15 bits per heavy atom. The molecular formula is C22H20N6O4S. The number of nitrogens with zero attached hydrogens (tertiary/aromatic N) is 3. The predicted molar refractivity (Wildman–Crippen MR) is 124 cm³/mol. The number of thiazole rings is 1. The van der Waals surface area contributed by atoms with E-state index < -0.39 is 0 Å². The van der Waals surface area contributed by atoms with Crippen LogP contribution < -0.4 is 25.8 Å². The van der Waals surface area contributed by atoms with Crippen LogP contribution in [0.5, 0.6) is 11.5 Å². The summed E-state index contributed by atoms with van der Waals surface area (Å²) in [5.41, 5.74) is 10.3. The summed E-state index contributed by atoms with van der Waals surface area (Å²) >= 11 is 1.29. The Balaban J connectivity index is 1.62. The maximum atomic E-state index is 12.5. The van der Waals surface area contributed by atoms with Gasteiger partial charge in [-0.05, 0) is 42.8 Å². The summed E-state index contributed by atoms with van der Waals surface area (Å²) in [6.45, 7) is 3.41. The molecule has 168 valence electrons. The number of aryl methyl sites for hydroxylation is 1. The Morgan fingerprint density at radius 3 is 2.73 bits per heavy atom. The summed E-state index contributed by atoms with van der Waals surface area (Å²) in [6, 6.07) is 8.77. The third-order valence-corrected chi connectivity index (χ3v) is 5.52. The molecule has 2 amide bonds. The monoisotopic (exact) mass is 464 g/mol. The molecule has 3 heterocycles. The molecule has 10 nitrogen and oxygen atoms in total. The molecule has 0 atom stereocenters. The lowest BCUT2D eigenvalue weighted by atomic mass is 10.1. The highest BCUT2D eigenvalue weighted by molar-refractivity contribution is 7.17. The van der Waals surface area contributed by atoms with E-state index in [-0.39, 0.29) is 18.6 Å². The Morgan fingerprint density at radius 2 is 1.94 bits per heavy atom. The number of hydrazine groups is 1. The van der Waals surface area contributed by atoms with Crippen LogP contribution in [0.1, 0.15) is 33.4 Å². The van der Waals surface area contributed by atoms with Crippen LogP contribution in [-0.2, 0) is 4.79 Å². The van der Waals surface area contributed by atoms with Gasteiger partial charge in [0.2, 0.25) is 17.8 Å². The number of fused-ring (bicyclic) bond motifs is 1. The number of allylic oxidation sites excluding steroid dienone is 1. The zero-order chi connectivity index (χ0) is 23.2. The molecule has 1 aromatic carbocycles. The van der Waals surface area contributed by atoms with Crippen LogP contribution in [0.4, 0.5) is 5.13 Å². The van der Waals surface area contributed by atoms with Crippen molar-refractivity contribution in [3.05, 3.63) is 70.5 Å². The lowest BCUT2D eigenvalue weighted by Crippen LogP contribution is -2.26. The van der Waals surface area contributed by atoms with E-state index in [1.54, 1.807) is 18.2 Å². The van der Waals surface area contributed by atoms with Gasteiger partial charge >= 0.3 is 0 Å². The van der Waals surface area contributed by atoms with Crippen molar-refractivity contribution < 1.29 is 19.1 Å². The summed E-state index contributed by atoms with van der Waals surface area (Å²) < 4.78 is 10.8. The summed E-state index contributed by atoms with van der Waals surface area (Å²) in [4.78, 5) is 32.7. The summed E-state index contributed by atoms with van der Waals surface area (Å²) in [7, 11) is 0. The van der Waals surface area contributed by atoms with E-state index in [9.17, 15) is 9.59 Å². The Hall–Kier alpha value is -4.25. The first-order valence-corrected chi connectivity index (χ1v) is 10.7. The number of ether oxygens (including phenoxy) is 2. The minimum atomic E-state index is -0.370. The van der Waals surface area contributed by atoms with E-state index in [1.165, 1.54) is 30.7 Å². The van der Waals surface area contributed by atoms with Gasteiger partial charge in [-0.3, -0.25) is 25.4 Å². The first kappa shape index (κ1) is 22.0. The van der Waals surface area contributed by atoms with Gasteiger partial charge in [0.25, 0.3) is 5.91 Å². The largest absolute Gasteiger partial charge is 0.454 e. The van der Waals surface area contributed by atoms with Crippen LogP contribution in [0, 0.1) is 6.92 Å². The molecule has 3 N–H and O–H groups in total. The van der Waals surface area contributed by atoms with Gasteiger partial charge in [-0.1, -0.05) is 23.5 Å². The third-order valence-electron chi connectivity index (χ3n) is 4.43. The minimum Gasteiger partial charge on any atom is -0.454 e. The van der Waals surface area contributed by atoms with Gasteiger partial charge in [-0.15, -0.1) is 0 Å². The van der Waals surface area contributed by atoms with E-state index in [0.717, 1.165) is 10.4 Å². The van der Waals surface area contributed by atoms with Crippen molar-refractivity contribution in [1.82, 2.24) is 20.8 Å². The molecule has 11 heteroatoms. The van der Waals surface area contributed by atoms with Gasteiger partial charge in [-0.2, -0.15) is 5.10 Å². The average Bonchev–Trinajstić information content (AvgIpc) is 3.44. The van der Waals surface area contributed by atoms with Crippen LogP contribution in [0.25, 0.3) is 6.08 Å². The number of aromatic nitrogens is 2. The molecule has 0 fully saturated rings. The number of hydrazone groups is 1. The molecule has 0 spiro atoms. The van der Waals surface area contributed by atoms with Crippen molar-refractivity contribution in [2.24, 2.45) is 5.10 Å². The highest BCUT2D eigenvalue weighted by atomic mass is 32.1. The SMILES string of the molecule is CC(=O)NNc1nc(C)c(C(/C=C/c2ccc3c(c2)OCO3)=N\NC(=O)c2ccncc2)s1. The fourth-order valence-electron chi connectivity index (χ4n) is 2.86. The molecule has 33 heavy (non-hydrogen) atoms. The molecule has 0 bridgehead atoms. The molecule has 0 saturated carbocycles. The van der Waals surface area contributed by atoms with Crippen molar-refractivity contribution in [2.45, 2.75) is 13.8 Å². The van der Waals surface area contributed by atoms with Gasteiger partial charge in [-0.25, -0.2) is 10.4 Å². The molecule has 1 aliphatic rings. The van der Waals surface area contributed by atoms with Crippen LogP contribution in [0.3, 0.4) is 0 Å². The van der Waals surface area contributed by atoms with Crippen molar-refractivity contribution in [2.75, 3.05) is 12.2 Å². The fourth-order valence-corrected chi connectivity index (χ4v) is 3.75. The van der Waals surface area contributed by atoms with E-state index in [1.807, 2.05) is 31.2 Å². The molecule has 0 saturated heterocycles.